The van der Waals surface area contributed by atoms with Gasteiger partial charge < -0.3 is 10.2 Å². The van der Waals surface area contributed by atoms with Crippen LogP contribution in [-0.4, -0.2) is 40.9 Å². The lowest BCUT2D eigenvalue weighted by molar-refractivity contribution is -0.116. The van der Waals surface area contributed by atoms with E-state index in [2.05, 4.69) is 10.3 Å². The molecule has 1 unspecified atom stereocenters. The maximum Gasteiger partial charge on any atom is 0.226 e. The third-order valence-electron chi connectivity index (χ3n) is 3.72. The first-order valence-corrected chi connectivity index (χ1v) is 8.20. The largest absolute Gasteiger partial charge is 0.350 e. The van der Waals surface area contributed by atoms with Crippen molar-refractivity contribution in [3.8, 4) is 0 Å². The van der Waals surface area contributed by atoms with Gasteiger partial charge in [0.25, 0.3) is 0 Å². The van der Waals surface area contributed by atoms with Gasteiger partial charge >= 0.3 is 0 Å². The molecule has 1 amide bonds. The molecule has 1 atom stereocenters. The Hall–Kier alpha value is -1.34. The second-order valence-corrected chi connectivity index (χ2v) is 6.58. The van der Waals surface area contributed by atoms with E-state index >= 15 is 0 Å². The normalized spacial score (nSPS) is 22.1. The molecule has 2 fully saturated rings. The maximum atomic E-state index is 13.5. The molecular weight excluding hydrogens is 344 g/mol. The number of anilines is 1. The van der Waals surface area contributed by atoms with Gasteiger partial charge in [-0.1, -0.05) is 11.8 Å². The van der Waals surface area contributed by atoms with Crippen molar-refractivity contribution in [2.75, 3.05) is 18.1 Å². The molecule has 8 heteroatoms. The Morgan fingerprint density at radius 1 is 1.43 bits per heavy atom. The number of amides is 1. The second-order valence-electron chi connectivity index (χ2n) is 5.60. The molecule has 126 valence electrons. The summed E-state index contributed by atoms with van der Waals surface area (Å²) in [6.07, 6.45) is 2.55. The van der Waals surface area contributed by atoms with E-state index in [9.17, 15) is 13.6 Å². The second kappa shape index (κ2) is 7.49. The molecule has 1 aliphatic heterocycles. The number of benzene rings is 1. The van der Waals surface area contributed by atoms with Crippen molar-refractivity contribution in [3.63, 3.8) is 0 Å². The van der Waals surface area contributed by atoms with Crippen molar-refractivity contribution in [3.05, 3.63) is 29.8 Å². The number of hydrogen-bond donors (Lipinski definition) is 1. The monoisotopic (exact) mass is 361 g/mol. The van der Waals surface area contributed by atoms with E-state index in [0.717, 1.165) is 35.9 Å². The van der Waals surface area contributed by atoms with E-state index < -0.39 is 11.6 Å². The highest BCUT2D eigenvalue weighted by atomic mass is 35.5. The third kappa shape index (κ3) is 4.57. The predicted molar refractivity (Wildman–Crippen MR) is 91.3 cm³/mol. The molecular formula is C15H18ClF2N3OS. The van der Waals surface area contributed by atoms with Crippen molar-refractivity contribution in [1.82, 2.24) is 4.90 Å². The number of thioether (sulfide) groups is 1. The van der Waals surface area contributed by atoms with Gasteiger partial charge in [-0.15, -0.1) is 12.4 Å². The number of amidine groups is 1. The lowest BCUT2D eigenvalue weighted by atomic mass is 10.2. The highest BCUT2D eigenvalue weighted by Crippen LogP contribution is 2.30. The van der Waals surface area contributed by atoms with Crippen LogP contribution in [-0.2, 0) is 4.79 Å². The summed E-state index contributed by atoms with van der Waals surface area (Å²) in [5.74, 6) is -0.918. The zero-order chi connectivity index (χ0) is 15.7. The minimum atomic E-state index is -0.765. The van der Waals surface area contributed by atoms with Gasteiger partial charge in [-0.3, -0.25) is 9.79 Å². The topological polar surface area (TPSA) is 44.7 Å². The minimum absolute atomic E-state index is 0. The van der Waals surface area contributed by atoms with Crippen LogP contribution < -0.4 is 5.32 Å². The lowest BCUT2D eigenvalue weighted by Gasteiger charge is -2.20. The van der Waals surface area contributed by atoms with Crippen LogP contribution in [0.3, 0.4) is 0 Å². The number of hydrogen-bond acceptors (Lipinski definition) is 3. The van der Waals surface area contributed by atoms with Gasteiger partial charge in [-0.2, -0.15) is 0 Å². The molecule has 3 rings (SSSR count). The van der Waals surface area contributed by atoms with Crippen LogP contribution in [0, 0.1) is 11.6 Å². The number of halogens is 3. The van der Waals surface area contributed by atoms with Gasteiger partial charge in [-0.05, 0) is 25.0 Å². The SMILES string of the molecule is CN1/C(=N/C2CC2)SCC1CC(=O)Nc1ccc(F)cc1F.Cl. The summed E-state index contributed by atoms with van der Waals surface area (Å²) < 4.78 is 26.4. The Bertz CT molecular complexity index is 625. The van der Waals surface area contributed by atoms with Gasteiger partial charge in [0.05, 0.1) is 11.7 Å². The highest BCUT2D eigenvalue weighted by Gasteiger charge is 2.31. The van der Waals surface area contributed by atoms with Crippen LogP contribution in [0.5, 0.6) is 0 Å². The van der Waals surface area contributed by atoms with Crippen LogP contribution >= 0.6 is 24.2 Å². The fourth-order valence-electron chi connectivity index (χ4n) is 2.23. The number of rotatable bonds is 4. The van der Waals surface area contributed by atoms with Crippen LogP contribution in [0.2, 0.25) is 0 Å². The van der Waals surface area contributed by atoms with Gasteiger partial charge in [0.15, 0.2) is 5.17 Å². The molecule has 0 spiro atoms. The Morgan fingerprint density at radius 3 is 2.83 bits per heavy atom. The zero-order valence-corrected chi connectivity index (χ0v) is 14.2. The molecule has 2 aliphatic rings. The first-order chi connectivity index (χ1) is 10.5. The summed E-state index contributed by atoms with van der Waals surface area (Å²) in [5, 5.41) is 3.48. The summed E-state index contributed by atoms with van der Waals surface area (Å²) in [6.45, 7) is 0. The van der Waals surface area contributed by atoms with E-state index in [1.165, 1.54) is 6.07 Å². The molecule has 0 aromatic heterocycles. The minimum Gasteiger partial charge on any atom is -0.350 e. The number of nitrogens with zero attached hydrogens (tertiary/aromatic N) is 2. The number of carbonyl (C=O) groups excluding carboxylic acids is 1. The van der Waals surface area contributed by atoms with Gasteiger partial charge in [0.2, 0.25) is 5.91 Å². The molecule has 0 bridgehead atoms. The van der Waals surface area contributed by atoms with Crippen molar-refractivity contribution < 1.29 is 13.6 Å². The third-order valence-corrected chi connectivity index (χ3v) is 4.92. The number of carbonyl (C=O) groups is 1. The van der Waals surface area contributed by atoms with Gasteiger partial charge in [0, 0.05) is 31.3 Å². The highest BCUT2D eigenvalue weighted by molar-refractivity contribution is 8.14. The van der Waals surface area contributed by atoms with Crippen LogP contribution in [0.4, 0.5) is 14.5 Å². The molecule has 23 heavy (non-hydrogen) atoms. The smallest absolute Gasteiger partial charge is 0.226 e. The van der Waals surface area contributed by atoms with Crippen molar-refractivity contribution in [2.45, 2.75) is 31.3 Å². The Labute approximate surface area is 144 Å². The number of nitrogens with one attached hydrogen (secondary N) is 1. The average Bonchev–Trinajstić information content (AvgIpc) is 3.22. The Balaban J connectivity index is 0.00000192. The molecule has 1 N–H and O–H groups in total. The maximum absolute atomic E-state index is 13.5. The summed E-state index contributed by atoms with van der Waals surface area (Å²) in [6, 6.07) is 3.61. The van der Waals surface area contributed by atoms with E-state index in [1.54, 1.807) is 11.8 Å². The molecule has 1 aromatic rings. The van der Waals surface area contributed by atoms with Gasteiger partial charge in [-0.25, -0.2) is 8.78 Å². The Morgan fingerprint density at radius 2 is 2.17 bits per heavy atom. The molecule has 1 aliphatic carbocycles. The quantitative estimate of drug-likeness (QED) is 0.895. The Kier molecular flexibility index (Phi) is 5.86. The van der Waals surface area contributed by atoms with Crippen molar-refractivity contribution in [1.29, 1.82) is 0 Å². The first-order valence-electron chi connectivity index (χ1n) is 7.21. The molecule has 0 radical (unpaired) electrons. The summed E-state index contributed by atoms with van der Waals surface area (Å²) in [5.41, 5.74) is 0.00609. The fraction of sp³-hybridized carbons (Fsp3) is 0.467. The average molecular weight is 362 g/mol. The van der Waals surface area contributed by atoms with Gasteiger partial charge in [0.1, 0.15) is 11.6 Å². The summed E-state index contributed by atoms with van der Waals surface area (Å²) in [7, 11) is 1.93. The molecule has 4 nitrogen and oxygen atoms in total. The molecule has 1 aromatic carbocycles. The van der Waals surface area contributed by atoms with Crippen molar-refractivity contribution >= 4 is 40.9 Å². The van der Waals surface area contributed by atoms with E-state index in [1.807, 2.05) is 11.9 Å². The lowest BCUT2D eigenvalue weighted by Crippen LogP contribution is -2.33. The number of aliphatic imine (C=N–C) groups is 1. The zero-order valence-electron chi connectivity index (χ0n) is 12.6. The molecule has 1 saturated carbocycles. The fourth-order valence-corrected chi connectivity index (χ4v) is 3.49. The predicted octanol–water partition coefficient (Wildman–Crippen LogP) is 3.28. The summed E-state index contributed by atoms with van der Waals surface area (Å²) in [4.78, 5) is 18.7. The van der Waals surface area contributed by atoms with E-state index in [0.29, 0.717) is 6.04 Å². The standard InChI is InChI=1S/C15H17F2N3OS.ClH/c1-20-11(8-22-15(20)18-10-3-4-10)7-14(21)19-13-5-2-9(16)6-12(13)17;/h2,5-6,10-11H,3-4,7-8H2,1H3,(H,19,21);1H/b18-15-;. The first kappa shape index (κ1) is 18.0. The molecule has 1 saturated heterocycles. The van der Waals surface area contributed by atoms with E-state index in [-0.39, 0.29) is 36.5 Å². The summed E-state index contributed by atoms with van der Waals surface area (Å²) >= 11 is 1.65. The van der Waals surface area contributed by atoms with Crippen LogP contribution in [0.25, 0.3) is 0 Å². The van der Waals surface area contributed by atoms with Crippen LogP contribution in [0.15, 0.2) is 23.2 Å². The van der Waals surface area contributed by atoms with Crippen LogP contribution in [0.1, 0.15) is 19.3 Å². The van der Waals surface area contributed by atoms with E-state index in [4.69, 9.17) is 0 Å². The van der Waals surface area contributed by atoms with Crippen molar-refractivity contribution in [2.24, 2.45) is 4.99 Å². The molecule has 1 heterocycles.